The fourth-order valence-corrected chi connectivity index (χ4v) is 4.02. The van der Waals surface area contributed by atoms with Crippen molar-refractivity contribution in [3.8, 4) is 0 Å². The predicted octanol–water partition coefficient (Wildman–Crippen LogP) is 3.99. The van der Waals surface area contributed by atoms with Gasteiger partial charge in [-0.15, -0.1) is 0 Å². The summed E-state index contributed by atoms with van der Waals surface area (Å²) in [6.45, 7) is 0.579. The Morgan fingerprint density at radius 1 is 1.41 bits per heavy atom. The van der Waals surface area contributed by atoms with E-state index in [4.69, 9.17) is 0 Å². The Kier molecular flexibility index (Phi) is 5.69. The lowest BCUT2D eigenvalue weighted by molar-refractivity contribution is -0.157. The van der Waals surface area contributed by atoms with E-state index in [1.54, 1.807) is 0 Å². The van der Waals surface area contributed by atoms with Gasteiger partial charge in [-0.25, -0.2) is 4.98 Å². The average Bonchev–Trinajstić information content (AvgIpc) is 3.14. The Morgan fingerprint density at radius 2 is 2.19 bits per heavy atom. The van der Waals surface area contributed by atoms with Crippen LogP contribution in [0.1, 0.15) is 31.7 Å². The summed E-state index contributed by atoms with van der Waals surface area (Å²) in [5.41, 5.74) is 1.96. The van der Waals surface area contributed by atoms with Crippen molar-refractivity contribution in [3.63, 3.8) is 0 Å². The third-order valence-electron chi connectivity index (χ3n) is 4.46. The SMILES string of the molecule is CCCCc1ccc2nc(NC(=O)C3CC(=O)N(CC(F)(F)F)C3)sc2c1. The molecule has 1 saturated heterocycles. The van der Waals surface area contributed by atoms with Crippen LogP contribution >= 0.6 is 11.3 Å². The van der Waals surface area contributed by atoms with Gasteiger partial charge >= 0.3 is 6.18 Å². The standard InChI is InChI=1S/C18H20F3N3O2S/c1-2-3-4-11-5-6-13-14(7-11)27-17(22-13)23-16(26)12-8-15(25)24(9-12)10-18(19,20)21/h5-7,12H,2-4,8-10H2,1H3,(H,22,23,26). The minimum atomic E-state index is -4.47. The van der Waals surface area contributed by atoms with Gasteiger partial charge in [0, 0.05) is 13.0 Å². The number of amides is 2. The molecule has 27 heavy (non-hydrogen) atoms. The third kappa shape index (κ3) is 4.97. The van der Waals surface area contributed by atoms with Crippen LogP contribution in [0.2, 0.25) is 0 Å². The van der Waals surface area contributed by atoms with Crippen molar-refractivity contribution >= 4 is 38.5 Å². The minimum Gasteiger partial charge on any atom is -0.333 e. The number of unbranched alkanes of at least 4 members (excludes halogenated alkanes) is 1. The number of carbonyl (C=O) groups is 2. The van der Waals surface area contributed by atoms with Gasteiger partial charge in [-0.1, -0.05) is 30.7 Å². The van der Waals surface area contributed by atoms with Gasteiger partial charge in [0.2, 0.25) is 11.8 Å². The van der Waals surface area contributed by atoms with E-state index in [1.807, 2.05) is 18.2 Å². The summed E-state index contributed by atoms with van der Waals surface area (Å²) >= 11 is 1.32. The number of thiazole rings is 1. The van der Waals surface area contributed by atoms with Crippen LogP contribution < -0.4 is 5.32 Å². The molecular formula is C18H20F3N3O2S. The lowest BCUT2D eigenvalue weighted by atomic mass is 10.1. The molecule has 0 aliphatic carbocycles. The molecule has 1 aliphatic heterocycles. The van der Waals surface area contributed by atoms with Crippen LogP contribution in [-0.2, 0) is 16.0 Å². The molecule has 3 rings (SSSR count). The summed E-state index contributed by atoms with van der Waals surface area (Å²) in [5, 5.41) is 3.04. The van der Waals surface area contributed by atoms with E-state index in [0.29, 0.717) is 10.0 Å². The highest BCUT2D eigenvalue weighted by molar-refractivity contribution is 7.22. The molecule has 0 radical (unpaired) electrons. The first-order chi connectivity index (χ1) is 12.7. The molecule has 1 aromatic carbocycles. The molecule has 0 bridgehead atoms. The Labute approximate surface area is 158 Å². The summed E-state index contributed by atoms with van der Waals surface area (Å²) in [6.07, 6.45) is -1.51. The molecule has 2 heterocycles. The minimum absolute atomic E-state index is 0.214. The highest BCUT2D eigenvalue weighted by Crippen LogP contribution is 2.29. The van der Waals surface area contributed by atoms with Crippen LogP contribution in [0.25, 0.3) is 10.2 Å². The largest absolute Gasteiger partial charge is 0.406 e. The van der Waals surface area contributed by atoms with Gasteiger partial charge < -0.3 is 10.2 Å². The molecular weight excluding hydrogens is 379 g/mol. The number of nitrogens with one attached hydrogen (secondary N) is 1. The second-order valence-electron chi connectivity index (χ2n) is 6.70. The van der Waals surface area contributed by atoms with E-state index in [1.165, 1.54) is 16.9 Å². The number of alkyl halides is 3. The highest BCUT2D eigenvalue weighted by Gasteiger charge is 2.40. The summed E-state index contributed by atoms with van der Waals surface area (Å²) in [4.78, 5) is 29.1. The molecule has 1 aromatic heterocycles. The maximum Gasteiger partial charge on any atom is 0.406 e. The molecule has 9 heteroatoms. The fraction of sp³-hybridized carbons (Fsp3) is 0.500. The number of rotatable bonds is 6. The molecule has 0 saturated carbocycles. The maximum atomic E-state index is 12.5. The van der Waals surface area contributed by atoms with Gasteiger partial charge in [0.25, 0.3) is 0 Å². The predicted molar refractivity (Wildman–Crippen MR) is 97.6 cm³/mol. The van der Waals surface area contributed by atoms with Gasteiger partial charge in [-0.05, 0) is 30.5 Å². The number of aromatic nitrogens is 1. The number of nitrogens with zero attached hydrogens (tertiary/aromatic N) is 2. The van der Waals surface area contributed by atoms with Gasteiger partial charge in [0.15, 0.2) is 5.13 Å². The Bertz CT molecular complexity index is 850. The van der Waals surface area contributed by atoms with Gasteiger partial charge in [0.1, 0.15) is 6.54 Å². The number of hydrogen-bond acceptors (Lipinski definition) is 4. The van der Waals surface area contributed by atoms with Crippen molar-refractivity contribution in [1.82, 2.24) is 9.88 Å². The average molecular weight is 399 g/mol. The molecule has 146 valence electrons. The van der Waals surface area contributed by atoms with E-state index in [2.05, 4.69) is 17.2 Å². The lowest BCUT2D eigenvalue weighted by Gasteiger charge is -2.18. The fourth-order valence-electron chi connectivity index (χ4n) is 3.08. The molecule has 2 aromatic rings. The van der Waals surface area contributed by atoms with E-state index in [9.17, 15) is 22.8 Å². The second-order valence-corrected chi connectivity index (χ2v) is 7.74. The zero-order chi connectivity index (χ0) is 19.6. The van der Waals surface area contributed by atoms with Crippen molar-refractivity contribution in [2.24, 2.45) is 5.92 Å². The molecule has 2 amide bonds. The van der Waals surface area contributed by atoms with Crippen LogP contribution in [0.3, 0.4) is 0 Å². The molecule has 5 nitrogen and oxygen atoms in total. The summed E-state index contributed by atoms with van der Waals surface area (Å²) in [5.74, 6) is -1.93. The number of aryl methyl sites for hydroxylation is 1. The number of fused-ring (bicyclic) bond motifs is 1. The Hall–Kier alpha value is -2.16. The smallest absolute Gasteiger partial charge is 0.333 e. The quantitative estimate of drug-likeness (QED) is 0.799. The first-order valence-corrected chi connectivity index (χ1v) is 9.61. The molecule has 0 spiro atoms. The zero-order valence-corrected chi connectivity index (χ0v) is 15.6. The summed E-state index contributed by atoms with van der Waals surface area (Å²) in [6, 6.07) is 5.95. The molecule has 1 atom stereocenters. The van der Waals surface area contributed by atoms with Crippen LogP contribution in [0.15, 0.2) is 18.2 Å². The maximum absolute atomic E-state index is 12.5. The van der Waals surface area contributed by atoms with Gasteiger partial charge in [-0.3, -0.25) is 9.59 Å². The van der Waals surface area contributed by atoms with E-state index in [0.717, 1.165) is 29.5 Å². The molecule has 1 N–H and O–H groups in total. The van der Waals surface area contributed by atoms with Crippen molar-refractivity contribution < 1.29 is 22.8 Å². The van der Waals surface area contributed by atoms with Crippen molar-refractivity contribution in [1.29, 1.82) is 0 Å². The molecule has 1 aliphatic rings. The number of benzene rings is 1. The van der Waals surface area contributed by atoms with Gasteiger partial charge in [0.05, 0.1) is 16.1 Å². The molecule has 1 unspecified atom stereocenters. The zero-order valence-electron chi connectivity index (χ0n) is 14.8. The number of anilines is 1. The van der Waals surface area contributed by atoms with E-state index >= 15 is 0 Å². The van der Waals surface area contributed by atoms with Crippen molar-refractivity contribution in [3.05, 3.63) is 23.8 Å². The number of halogens is 3. The second kappa shape index (κ2) is 7.84. The number of likely N-dealkylation sites (tertiary alicyclic amines) is 1. The topological polar surface area (TPSA) is 62.3 Å². The molecule has 1 fully saturated rings. The lowest BCUT2D eigenvalue weighted by Crippen LogP contribution is -2.36. The monoisotopic (exact) mass is 399 g/mol. The number of hydrogen-bond donors (Lipinski definition) is 1. The summed E-state index contributed by atoms with van der Waals surface area (Å²) < 4.78 is 38.4. The van der Waals surface area contributed by atoms with Crippen LogP contribution in [-0.4, -0.2) is 41.0 Å². The van der Waals surface area contributed by atoms with Crippen LogP contribution in [0.5, 0.6) is 0 Å². The Balaban J connectivity index is 1.64. The number of carbonyl (C=O) groups excluding carboxylic acids is 2. The first kappa shape index (κ1) is 19.6. The van der Waals surface area contributed by atoms with Crippen molar-refractivity contribution in [2.75, 3.05) is 18.4 Å². The van der Waals surface area contributed by atoms with E-state index < -0.39 is 30.5 Å². The highest BCUT2D eigenvalue weighted by atomic mass is 32.1. The van der Waals surface area contributed by atoms with Crippen LogP contribution in [0.4, 0.5) is 18.3 Å². The van der Waals surface area contributed by atoms with Gasteiger partial charge in [-0.2, -0.15) is 13.2 Å². The first-order valence-electron chi connectivity index (χ1n) is 8.80. The van der Waals surface area contributed by atoms with E-state index in [-0.39, 0.29) is 13.0 Å². The summed E-state index contributed by atoms with van der Waals surface area (Å²) in [7, 11) is 0. The Morgan fingerprint density at radius 3 is 2.89 bits per heavy atom. The van der Waals surface area contributed by atoms with Crippen LogP contribution in [0, 0.1) is 5.92 Å². The van der Waals surface area contributed by atoms with Crippen molar-refractivity contribution in [2.45, 2.75) is 38.8 Å². The normalized spacial score (nSPS) is 17.7. The third-order valence-corrected chi connectivity index (χ3v) is 5.39.